The third-order valence-corrected chi connectivity index (χ3v) is 12.5. The Morgan fingerprint density at radius 1 is 0.414 bits per heavy atom. The van der Waals surface area contributed by atoms with Gasteiger partial charge in [0.2, 0.25) is 0 Å². The molecule has 274 valence electrons. The van der Waals surface area contributed by atoms with Crippen LogP contribution in [0.2, 0.25) is 0 Å². The number of fused-ring (bicyclic) bond motifs is 6. The zero-order valence-corrected chi connectivity index (χ0v) is 32.4. The third-order valence-electron chi connectivity index (χ3n) is 11.2. The van der Waals surface area contributed by atoms with Crippen LogP contribution in [0.25, 0.3) is 81.2 Å². The minimum absolute atomic E-state index is 0.727. The van der Waals surface area contributed by atoms with Crippen molar-refractivity contribution < 1.29 is 4.42 Å². The highest BCUT2D eigenvalue weighted by atomic mass is 32.1. The normalized spacial score (nSPS) is 16.0. The number of furan rings is 1. The van der Waals surface area contributed by atoms with E-state index >= 15 is 0 Å². The average Bonchev–Trinajstić information content (AvgIpc) is 3.86. The summed E-state index contributed by atoms with van der Waals surface area (Å²) in [6.45, 7) is 0. The number of para-hydroxylation sites is 1. The van der Waals surface area contributed by atoms with Crippen molar-refractivity contribution in [2.45, 2.75) is 12.8 Å². The summed E-state index contributed by atoms with van der Waals surface area (Å²) in [6.07, 6.45) is 3.96. The van der Waals surface area contributed by atoms with Gasteiger partial charge in [0.05, 0.1) is 11.4 Å². The zero-order valence-electron chi connectivity index (χ0n) is 31.6. The Morgan fingerprint density at radius 2 is 1.00 bits per heavy atom. The molecule has 0 aliphatic carbocycles. The van der Waals surface area contributed by atoms with Crippen LogP contribution in [0.15, 0.2) is 209 Å². The van der Waals surface area contributed by atoms with Gasteiger partial charge in [-0.15, -0.1) is 11.3 Å². The van der Waals surface area contributed by atoms with Crippen molar-refractivity contribution in [3.05, 3.63) is 211 Å². The molecule has 0 atom stereocenters. The first-order valence-corrected chi connectivity index (χ1v) is 20.6. The molecule has 1 aliphatic rings. The second kappa shape index (κ2) is 14.4. The smallest absolute Gasteiger partial charge is 0.160 e. The molecule has 11 rings (SSSR count). The van der Waals surface area contributed by atoms with Crippen molar-refractivity contribution in [3.63, 3.8) is 0 Å². The summed E-state index contributed by atoms with van der Waals surface area (Å²) < 4.78 is 9.19. The molecule has 0 unspecified atom stereocenters. The highest BCUT2D eigenvalue weighted by molar-refractivity contribution is 7.26. The molecule has 1 aliphatic heterocycles. The maximum atomic E-state index is 6.75. The lowest BCUT2D eigenvalue weighted by molar-refractivity contribution is 0.670. The van der Waals surface area contributed by atoms with E-state index in [-0.39, 0.29) is 0 Å². The van der Waals surface area contributed by atoms with Gasteiger partial charge < -0.3 is 4.42 Å². The fraction of sp³-hybridized carbons (Fsp3) is 0.0370. The van der Waals surface area contributed by atoms with Crippen LogP contribution in [0.1, 0.15) is 29.5 Å². The monoisotopic (exact) mass is 760 g/mol. The Labute approximate surface area is 340 Å². The van der Waals surface area contributed by atoms with Crippen LogP contribution in [0.3, 0.4) is 0 Å². The quantitative estimate of drug-likeness (QED) is 0.166. The van der Waals surface area contributed by atoms with Gasteiger partial charge in [-0.3, -0.25) is 0 Å². The van der Waals surface area contributed by atoms with Gasteiger partial charge in [-0.25, -0.2) is 9.98 Å². The number of rotatable bonds is 6. The third kappa shape index (κ3) is 6.06. The molecule has 2 aromatic heterocycles. The summed E-state index contributed by atoms with van der Waals surface area (Å²) in [7, 11) is 0. The fourth-order valence-electron chi connectivity index (χ4n) is 8.38. The number of benzene rings is 8. The van der Waals surface area contributed by atoms with Crippen LogP contribution in [0, 0.1) is 0 Å². The molecular formula is C54H36N2OS. The molecule has 0 amide bonds. The van der Waals surface area contributed by atoms with Gasteiger partial charge in [-0.1, -0.05) is 170 Å². The van der Waals surface area contributed by atoms with Gasteiger partial charge in [0.15, 0.2) is 5.84 Å². The molecule has 58 heavy (non-hydrogen) atoms. The summed E-state index contributed by atoms with van der Waals surface area (Å²) in [5.74, 6) is 0.727. The van der Waals surface area contributed by atoms with Crippen LogP contribution in [-0.2, 0) is 0 Å². The van der Waals surface area contributed by atoms with Crippen molar-refractivity contribution >= 4 is 70.7 Å². The molecule has 10 aromatic rings. The van der Waals surface area contributed by atoms with Crippen LogP contribution < -0.4 is 0 Å². The Balaban J connectivity index is 1.10. The lowest BCUT2D eigenvalue weighted by atomic mass is 9.93. The van der Waals surface area contributed by atoms with Crippen LogP contribution in [0.4, 0.5) is 0 Å². The summed E-state index contributed by atoms with van der Waals surface area (Å²) in [5, 5.41) is 4.68. The lowest BCUT2D eigenvalue weighted by Gasteiger charge is -2.13. The largest absolute Gasteiger partial charge is 0.455 e. The Morgan fingerprint density at radius 3 is 1.76 bits per heavy atom. The summed E-state index contributed by atoms with van der Waals surface area (Å²) in [4.78, 5) is 10.6. The molecule has 0 spiro atoms. The molecule has 0 saturated carbocycles. The summed E-state index contributed by atoms with van der Waals surface area (Å²) in [6, 6.07) is 66.6. The number of nitrogens with zero attached hydrogens (tertiary/aromatic N) is 2. The number of amidine groups is 1. The lowest BCUT2D eigenvalue weighted by Crippen LogP contribution is -2.09. The molecule has 8 aromatic carbocycles. The first kappa shape index (κ1) is 34.1. The maximum absolute atomic E-state index is 6.75. The summed E-state index contributed by atoms with van der Waals surface area (Å²) in [5.41, 5.74) is 14.0. The molecule has 0 radical (unpaired) electrons. The molecule has 0 bridgehead atoms. The van der Waals surface area contributed by atoms with Gasteiger partial charge in [-0.05, 0) is 64.9 Å². The molecule has 0 fully saturated rings. The maximum Gasteiger partial charge on any atom is 0.160 e. The van der Waals surface area contributed by atoms with Crippen LogP contribution >= 0.6 is 11.3 Å². The highest BCUT2D eigenvalue weighted by Gasteiger charge is 2.21. The minimum atomic E-state index is 0.727. The molecule has 3 heterocycles. The standard InChI is InChI=1S/C54H36N2OS/c1-4-16-35(17-5-1)38-22-12-23-39(32-38)40-33-46-41-24-10-11-31-50(41)57-51(46)47(34-40)44-27-13-25-42-43-26-14-28-45(53(43)58-52(42)44)49-30-15-29-48(36-18-6-2-7-19-36)55-54(56-49)37-20-8-3-9-21-37/h1-14,16-28,30-34H,15,29H2/b49-30-,55-48+,56-54-. The molecule has 4 heteroatoms. The predicted molar refractivity (Wildman–Crippen MR) is 246 cm³/mol. The molecule has 0 saturated heterocycles. The van der Waals surface area contributed by atoms with Gasteiger partial charge in [-0.2, -0.15) is 0 Å². The Hall–Kier alpha value is -7.14. The Kier molecular flexibility index (Phi) is 8.49. The van der Waals surface area contributed by atoms with E-state index in [1.54, 1.807) is 0 Å². The molecule has 3 nitrogen and oxygen atoms in total. The first-order chi connectivity index (χ1) is 28.7. The van der Waals surface area contributed by atoms with Crippen molar-refractivity contribution in [1.82, 2.24) is 0 Å². The second-order valence-electron chi connectivity index (χ2n) is 14.8. The van der Waals surface area contributed by atoms with Crippen molar-refractivity contribution in [2.75, 3.05) is 0 Å². The average molecular weight is 761 g/mol. The second-order valence-corrected chi connectivity index (χ2v) is 15.8. The van der Waals surface area contributed by atoms with Crippen molar-refractivity contribution in [2.24, 2.45) is 9.98 Å². The first-order valence-electron chi connectivity index (χ1n) is 19.8. The predicted octanol–water partition coefficient (Wildman–Crippen LogP) is 15.0. The van der Waals surface area contributed by atoms with E-state index in [0.29, 0.717) is 0 Å². The van der Waals surface area contributed by atoms with E-state index in [2.05, 4.69) is 182 Å². The van der Waals surface area contributed by atoms with Crippen molar-refractivity contribution in [1.29, 1.82) is 0 Å². The van der Waals surface area contributed by atoms with E-state index in [0.717, 1.165) is 85.4 Å². The number of allylic oxidation sites excluding steroid dienone is 1. The zero-order chi connectivity index (χ0) is 38.4. The number of thiophene rings is 1. The van der Waals surface area contributed by atoms with Gasteiger partial charge >= 0.3 is 0 Å². The number of aliphatic imine (C=N–C) groups is 2. The minimum Gasteiger partial charge on any atom is -0.455 e. The van der Waals surface area contributed by atoms with E-state index in [1.807, 2.05) is 23.5 Å². The highest BCUT2D eigenvalue weighted by Crippen LogP contribution is 2.47. The van der Waals surface area contributed by atoms with Gasteiger partial charge in [0.25, 0.3) is 0 Å². The number of hydrogen-bond acceptors (Lipinski definition) is 4. The van der Waals surface area contributed by atoms with Crippen LogP contribution in [0.5, 0.6) is 0 Å². The fourth-order valence-corrected chi connectivity index (χ4v) is 9.73. The Bertz CT molecular complexity index is 3260. The van der Waals surface area contributed by atoms with E-state index in [1.165, 1.54) is 36.9 Å². The SMILES string of the molecule is C1=C(c2cccc3c2sc2c(-c4cc(-c5cccc(-c6ccccc6)c5)cc5c4oc4ccccc45)cccc23)/N=C(c2ccccc2)\N=C(\c2ccccc2)CC\1. The number of hydrogen-bond donors (Lipinski definition) is 0. The van der Waals surface area contributed by atoms with E-state index in [9.17, 15) is 0 Å². The van der Waals surface area contributed by atoms with Gasteiger partial charge in [0.1, 0.15) is 11.2 Å². The topological polar surface area (TPSA) is 37.9 Å². The van der Waals surface area contributed by atoms with E-state index in [4.69, 9.17) is 14.4 Å². The van der Waals surface area contributed by atoms with E-state index < -0.39 is 0 Å². The molecule has 0 N–H and O–H groups in total. The molecular weight excluding hydrogens is 725 g/mol. The van der Waals surface area contributed by atoms with Gasteiger partial charge in [0, 0.05) is 53.2 Å². The van der Waals surface area contributed by atoms with Crippen molar-refractivity contribution in [3.8, 4) is 33.4 Å². The summed E-state index contributed by atoms with van der Waals surface area (Å²) >= 11 is 1.84. The van der Waals surface area contributed by atoms with Crippen LogP contribution in [-0.4, -0.2) is 11.5 Å².